The molecular formula is C16H21NO5. The minimum atomic E-state index is -0.932. The van der Waals surface area contributed by atoms with E-state index in [1.54, 1.807) is 4.90 Å². The Morgan fingerprint density at radius 2 is 2.09 bits per heavy atom. The third-order valence-electron chi connectivity index (χ3n) is 3.56. The van der Waals surface area contributed by atoms with Gasteiger partial charge in [0.2, 0.25) is 5.91 Å². The Morgan fingerprint density at radius 1 is 1.32 bits per heavy atom. The number of carbonyl (C=O) groups is 2. The number of carbonyl (C=O) groups excluding carboxylic acids is 1. The van der Waals surface area contributed by atoms with Gasteiger partial charge in [0, 0.05) is 6.54 Å². The lowest BCUT2D eigenvalue weighted by molar-refractivity contribution is -0.149. The number of morpholine rings is 1. The number of rotatable bonds is 7. The van der Waals surface area contributed by atoms with Gasteiger partial charge in [-0.25, -0.2) is 0 Å². The van der Waals surface area contributed by atoms with Crippen LogP contribution in [0.2, 0.25) is 0 Å². The lowest BCUT2D eigenvalue weighted by atomic mass is 10.1. The number of carboxylic acid groups (broad SMARTS) is 1. The van der Waals surface area contributed by atoms with E-state index in [-0.39, 0.29) is 25.5 Å². The molecule has 0 radical (unpaired) electrons. The summed E-state index contributed by atoms with van der Waals surface area (Å²) < 4.78 is 10.7. The molecular weight excluding hydrogens is 286 g/mol. The van der Waals surface area contributed by atoms with Crippen LogP contribution >= 0.6 is 0 Å². The average molecular weight is 307 g/mol. The second kappa shape index (κ2) is 8.51. The number of carboxylic acids is 1. The SMILES string of the molecule is O=C(O)C[C@H]1COCCN1C(=O)COCCc1ccccc1. The van der Waals surface area contributed by atoms with Crippen molar-refractivity contribution < 1.29 is 24.2 Å². The van der Waals surface area contributed by atoms with Gasteiger partial charge in [0.1, 0.15) is 6.61 Å². The molecule has 0 aromatic heterocycles. The van der Waals surface area contributed by atoms with E-state index in [9.17, 15) is 9.59 Å². The van der Waals surface area contributed by atoms with Crippen molar-refractivity contribution in [2.24, 2.45) is 0 Å². The number of amides is 1. The summed E-state index contributed by atoms with van der Waals surface area (Å²) in [6.07, 6.45) is 0.644. The number of nitrogens with zero attached hydrogens (tertiary/aromatic N) is 1. The molecule has 0 unspecified atom stereocenters. The van der Waals surface area contributed by atoms with E-state index >= 15 is 0 Å². The predicted octanol–water partition coefficient (Wildman–Crippen LogP) is 0.948. The summed E-state index contributed by atoms with van der Waals surface area (Å²) in [5.41, 5.74) is 1.16. The second-order valence-corrected chi connectivity index (χ2v) is 5.20. The Labute approximate surface area is 129 Å². The molecule has 6 nitrogen and oxygen atoms in total. The molecule has 120 valence electrons. The van der Waals surface area contributed by atoms with Gasteiger partial charge in [0.25, 0.3) is 0 Å². The van der Waals surface area contributed by atoms with Crippen LogP contribution in [0.5, 0.6) is 0 Å². The number of benzene rings is 1. The summed E-state index contributed by atoms with van der Waals surface area (Å²) in [5, 5.41) is 8.88. The molecule has 6 heteroatoms. The second-order valence-electron chi connectivity index (χ2n) is 5.20. The van der Waals surface area contributed by atoms with Crippen LogP contribution in [0.25, 0.3) is 0 Å². The van der Waals surface area contributed by atoms with Crippen LogP contribution in [-0.4, -0.2) is 60.9 Å². The van der Waals surface area contributed by atoms with E-state index in [0.717, 1.165) is 12.0 Å². The Kier molecular flexibility index (Phi) is 6.36. The Balaban J connectivity index is 1.74. The lowest BCUT2D eigenvalue weighted by Crippen LogP contribution is -2.50. The molecule has 22 heavy (non-hydrogen) atoms. The standard InChI is InChI=1S/C16H21NO5/c18-15(12-21-8-6-13-4-2-1-3-5-13)17-7-9-22-11-14(17)10-16(19)20/h1-5,14H,6-12H2,(H,19,20)/t14-/m0/s1. The Bertz CT molecular complexity index is 491. The molecule has 2 rings (SSSR count). The van der Waals surface area contributed by atoms with Crippen LogP contribution in [0.3, 0.4) is 0 Å². The Morgan fingerprint density at radius 3 is 2.82 bits per heavy atom. The van der Waals surface area contributed by atoms with Crippen molar-refractivity contribution in [1.29, 1.82) is 0 Å². The number of hydrogen-bond acceptors (Lipinski definition) is 4. The first-order chi connectivity index (χ1) is 10.7. The van der Waals surface area contributed by atoms with Crippen molar-refractivity contribution in [1.82, 2.24) is 4.90 Å². The molecule has 1 amide bonds. The molecule has 0 saturated carbocycles. The highest BCUT2D eigenvalue weighted by atomic mass is 16.5. The van der Waals surface area contributed by atoms with Gasteiger partial charge >= 0.3 is 5.97 Å². The summed E-state index contributed by atoms with van der Waals surface area (Å²) in [5.74, 6) is -1.11. The van der Waals surface area contributed by atoms with Gasteiger partial charge in [-0.3, -0.25) is 9.59 Å². The molecule has 1 heterocycles. The van der Waals surface area contributed by atoms with Crippen LogP contribution in [0, 0.1) is 0 Å². The van der Waals surface area contributed by atoms with Gasteiger partial charge in [-0.1, -0.05) is 30.3 Å². The zero-order chi connectivity index (χ0) is 15.8. The normalized spacial score (nSPS) is 18.2. The monoisotopic (exact) mass is 307 g/mol. The molecule has 0 spiro atoms. The van der Waals surface area contributed by atoms with Crippen molar-refractivity contribution in [2.75, 3.05) is 33.0 Å². The maximum Gasteiger partial charge on any atom is 0.305 e. The van der Waals surface area contributed by atoms with Gasteiger partial charge < -0.3 is 19.5 Å². The molecule has 1 fully saturated rings. The Hall–Kier alpha value is -1.92. The maximum atomic E-state index is 12.2. The minimum absolute atomic E-state index is 0.0248. The van der Waals surface area contributed by atoms with Crippen LogP contribution in [0.1, 0.15) is 12.0 Å². The summed E-state index contributed by atoms with van der Waals surface area (Å²) in [6.45, 7) is 1.55. The minimum Gasteiger partial charge on any atom is -0.481 e. The average Bonchev–Trinajstić information content (AvgIpc) is 2.52. The smallest absolute Gasteiger partial charge is 0.305 e. The molecule has 1 aromatic carbocycles. The van der Waals surface area contributed by atoms with Crippen molar-refractivity contribution in [2.45, 2.75) is 18.9 Å². The maximum absolute atomic E-state index is 12.2. The van der Waals surface area contributed by atoms with E-state index < -0.39 is 12.0 Å². The highest BCUT2D eigenvalue weighted by molar-refractivity contribution is 5.79. The van der Waals surface area contributed by atoms with Crippen LogP contribution in [-0.2, 0) is 25.5 Å². The molecule has 0 bridgehead atoms. The first kappa shape index (κ1) is 16.5. The summed E-state index contributed by atoms with van der Waals surface area (Å²) in [4.78, 5) is 24.5. The van der Waals surface area contributed by atoms with E-state index in [0.29, 0.717) is 19.8 Å². The van der Waals surface area contributed by atoms with Gasteiger partial charge in [-0.2, -0.15) is 0 Å². The lowest BCUT2D eigenvalue weighted by Gasteiger charge is -2.34. The fourth-order valence-corrected chi connectivity index (χ4v) is 2.43. The first-order valence-electron chi connectivity index (χ1n) is 7.37. The third-order valence-corrected chi connectivity index (χ3v) is 3.56. The molecule has 1 aliphatic heterocycles. The highest BCUT2D eigenvalue weighted by Crippen LogP contribution is 2.11. The van der Waals surface area contributed by atoms with Crippen molar-refractivity contribution in [3.63, 3.8) is 0 Å². The fraction of sp³-hybridized carbons (Fsp3) is 0.500. The summed E-state index contributed by atoms with van der Waals surface area (Å²) in [7, 11) is 0. The van der Waals surface area contributed by atoms with E-state index in [1.807, 2.05) is 30.3 Å². The quantitative estimate of drug-likeness (QED) is 0.759. The van der Waals surface area contributed by atoms with Gasteiger partial charge in [-0.15, -0.1) is 0 Å². The van der Waals surface area contributed by atoms with Crippen LogP contribution in [0.4, 0.5) is 0 Å². The van der Waals surface area contributed by atoms with Crippen molar-refractivity contribution in [3.05, 3.63) is 35.9 Å². The van der Waals surface area contributed by atoms with E-state index in [4.69, 9.17) is 14.6 Å². The van der Waals surface area contributed by atoms with Crippen LogP contribution in [0.15, 0.2) is 30.3 Å². The predicted molar refractivity (Wildman–Crippen MR) is 79.5 cm³/mol. The zero-order valence-corrected chi connectivity index (χ0v) is 12.4. The molecule has 1 atom stereocenters. The molecule has 1 saturated heterocycles. The topological polar surface area (TPSA) is 76.1 Å². The molecule has 1 aromatic rings. The van der Waals surface area contributed by atoms with Gasteiger partial charge in [-0.05, 0) is 12.0 Å². The van der Waals surface area contributed by atoms with Crippen molar-refractivity contribution >= 4 is 11.9 Å². The largest absolute Gasteiger partial charge is 0.481 e. The van der Waals surface area contributed by atoms with Gasteiger partial charge in [0.15, 0.2) is 0 Å². The molecule has 1 aliphatic rings. The summed E-state index contributed by atoms with van der Waals surface area (Å²) in [6, 6.07) is 9.49. The molecule has 1 N–H and O–H groups in total. The highest BCUT2D eigenvalue weighted by Gasteiger charge is 2.28. The van der Waals surface area contributed by atoms with E-state index in [1.165, 1.54) is 0 Å². The first-order valence-corrected chi connectivity index (χ1v) is 7.37. The van der Waals surface area contributed by atoms with Gasteiger partial charge in [0.05, 0.1) is 32.3 Å². The zero-order valence-electron chi connectivity index (χ0n) is 12.4. The fourth-order valence-electron chi connectivity index (χ4n) is 2.43. The number of ether oxygens (including phenoxy) is 2. The number of hydrogen-bond donors (Lipinski definition) is 1. The van der Waals surface area contributed by atoms with Crippen molar-refractivity contribution in [3.8, 4) is 0 Å². The molecule has 0 aliphatic carbocycles. The van der Waals surface area contributed by atoms with Crippen LogP contribution < -0.4 is 0 Å². The van der Waals surface area contributed by atoms with E-state index in [2.05, 4.69) is 0 Å². The third kappa shape index (κ3) is 5.13. The summed E-state index contributed by atoms with van der Waals surface area (Å²) >= 11 is 0. The number of aliphatic carboxylic acids is 1.